The van der Waals surface area contributed by atoms with Crippen LogP contribution >= 0.6 is 0 Å². The van der Waals surface area contributed by atoms with E-state index in [9.17, 15) is 10.2 Å². The van der Waals surface area contributed by atoms with Crippen molar-refractivity contribution < 1.29 is 14.6 Å². The summed E-state index contributed by atoms with van der Waals surface area (Å²) in [5.41, 5.74) is 8.15. The number of aliphatic hydroxyl groups is 2. The predicted octanol–water partition coefficient (Wildman–Crippen LogP) is 4.64. The number of nitrogens with one attached hydrogen (secondary N) is 1. The largest absolute Gasteiger partial charge is 0.422 e. The molecule has 0 aliphatic rings. The summed E-state index contributed by atoms with van der Waals surface area (Å²) in [6.07, 6.45) is 0. The van der Waals surface area contributed by atoms with Crippen molar-refractivity contribution >= 4 is 17.4 Å². The predicted molar refractivity (Wildman–Crippen MR) is 136 cm³/mol. The maximum atomic E-state index is 9.33. The van der Waals surface area contributed by atoms with Crippen LogP contribution in [0.5, 0.6) is 0 Å². The van der Waals surface area contributed by atoms with E-state index in [0.29, 0.717) is 24.9 Å². The fourth-order valence-electron chi connectivity index (χ4n) is 3.68. The van der Waals surface area contributed by atoms with Crippen LogP contribution in [-0.4, -0.2) is 47.2 Å². The molecule has 1 heterocycles. The van der Waals surface area contributed by atoms with E-state index in [0.717, 1.165) is 33.8 Å². The number of anilines is 2. The molecule has 174 valence electrons. The topological polar surface area (TPSA) is 94.1 Å². The van der Waals surface area contributed by atoms with Gasteiger partial charge in [0.1, 0.15) is 5.69 Å². The molecule has 0 saturated carbocycles. The van der Waals surface area contributed by atoms with Crippen LogP contribution in [0.15, 0.2) is 94.4 Å². The summed E-state index contributed by atoms with van der Waals surface area (Å²) in [7, 11) is 0. The van der Waals surface area contributed by atoms with Crippen LogP contribution in [0, 0.1) is 0 Å². The molecule has 0 bridgehead atoms. The van der Waals surface area contributed by atoms with Crippen LogP contribution < -0.4 is 10.3 Å². The summed E-state index contributed by atoms with van der Waals surface area (Å²) < 4.78 is 6.07. The van der Waals surface area contributed by atoms with Gasteiger partial charge in [0.25, 0.3) is 0 Å². The van der Waals surface area contributed by atoms with E-state index in [-0.39, 0.29) is 13.2 Å². The Kier molecular flexibility index (Phi) is 7.70. The van der Waals surface area contributed by atoms with E-state index in [2.05, 4.69) is 15.5 Å². The van der Waals surface area contributed by atoms with E-state index in [1.807, 2.05) is 96.8 Å². The number of hydrogen-bond donors (Lipinski definition) is 3. The van der Waals surface area contributed by atoms with E-state index in [1.54, 1.807) is 0 Å². The van der Waals surface area contributed by atoms with Gasteiger partial charge in [0.15, 0.2) is 5.76 Å². The number of rotatable bonds is 10. The SMILES string of the molecule is C/C(=N/Nc1nc(-c2ccccc2)c(-c2ccccc2)o1)c1cccc(N(CCO)CCO)c1. The molecule has 1 aromatic heterocycles. The number of oxazole rings is 1. The molecule has 7 nitrogen and oxygen atoms in total. The summed E-state index contributed by atoms with van der Waals surface area (Å²) in [6.45, 7) is 2.80. The summed E-state index contributed by atoms with van der Waals surface area (Å²) in [5.74, 6) is 0.674. The lowest BCUT2D eigenvalue weighted by Gasteiger charge is -2.23. The molecular weight excluding hydrogens is 428 g/mol. The van der Waals surface area contributed by atoms with Gasteiger partial charge in [0.05, 0.1) is 18.9 Å². The number of aliphatic hydroxyl groups excluding tert-OH is 2. The minimum absolute atomic E-state index is 0.0104. The quantitative estimate of drug-likeness (QED) is 0.238. The van der Waals surface area contributed by atoms with E-state index in [4.69, 9.17) is 4.42 Å². The van der Waals surface area contributed by atoms with Crippen LogP contribution in [0.25, 0.3) is 22.6 Å². The van der Waals surface area contributed by atoms with Crippen molar-refractivity contribution in [1.29, 1.82) is 0 Å². The van der Waals surface area contributed by atoms with Crippen LogP contribution in [0.3, 0.4) is 0 Å². The zero-order valence-corrected chi connectivity index (χ0v) is 19.1. The fraction of sp³-hybridized carbons (Fsp3) is 0.185. The summed E-state index contributed by atoms with van der Waals surface area (Å²) >= 11 is 0. The van der Waals surface area contributed by atoms with E-state index in [1.165, 1.54) is 0 Å². The van der Waals surface area contributed by atoms with Crippen LogP contribution in [0.4, 0.5) is 11.7 Å². The third-order valence-corrected chi connectivity index (χ3v) is 5.40. The third kappa shape index (κ3) is 5.51. The van der Waals surface area contributed by atoms with Gasteiger partial charge >= 0.3 is 6.01 Å². The lowest BCUT2D eigenvalue weighted by molar-refractivity contribution is 0.281. The average molecular weight is 457 g/mol. The molecule has 0 amide bonds. The van der Waals surface area contributed by atoms with E-state index < -0.39 is 0 Å². The van der Waals surface area contributed by atoms with Gasteiger partial charge in [-0.05, 0) is 24.6 Å². The van der Waals surface area contributed by atoms with Crippen molar-refractivity contribution in [3.8, 4) is 22.6 Å². The Balaban J connectivity index is 1.60. The Bertz CT molecular complexity index is 1160. The second-order valence-corrected chi connectivity index (χ2v) is 7.72. The first-order chi connectivity index (χ1) is 16.7. The molecule has 34 heavy (non-hydrogen) atoms. The highest BCUT2D eigenvalue weighted by Crippen LogP contribution is 2.34. The van der Waals surface area contributed by atoms with Gasteiger partial charge in [0.2, 0.25) is 0 Å². The van der Waals surface area contributed by atoms with Gasteiger partial charge in [-0.2, -0.15) is 10.1 Å². The van der Waals surface area contributed by atoms with Crippen molar-refractivity contribution in [2.24, 2.45) is 5.10 Å². The molecule has 3 aromatic carbocycles. The Morgan fingerprint density at radius 2 is 1.53 bits per heavy atom. The number of aromatic nitrogens is 1. The lowest BCUT2D eigenvalue weighted by Crippen LogP contribution is -2.29. The van der Waals surface area contributed by atoms with Crippen molar-refractivity contribution in [3.63, 3.8) is 0 Å². The molecule has 0 saturated heterocycles. The average Bonchev–Trinajstić information content (AvgIpc) is 3.33. The van der Waals surface area contributed by atoms with Crippen molar-refractivity contribution in [2.45, 2.75) is 6.92 Å². The van der Waals surface area contributed by atoms with E-state index >= 15 is 0 Å². The smallest absolute Gasteiger partial charge is 0.316 e. The minimum atomic E-state index is 0.0104. The standard InChI is InChI=1S/C27H28N4O3/c1-20(23-13-8-14-24(19-23)31(15-17-32)16-18-33)29-30-27-28-25(21-9-4-2-5-10-21)26(34-27)22-11-6-3-7-12-22/h2-14,19,32-33H,15-18H2,1H3,(H,28,30)/b29-20-. The zero-order chi connectivity index (χ0) is 23.8. The van der Waals surface area contributed by atoms with Gasteiger partial charge in [-0.3, -0.25) is 0 Å². The highest BCUT2D eigenvalue weighted by atomic mass is 16.4. The Hall–Kier alpha value is -3.94. The molecular formula is C27H28N4O3. The van der Waals surface area contributed by atoms with Gasteiger partial charge < -0.3 is 19.5 Å². The van der Waals surface area contributed by atoms with Gasteiger partial charge in [-0.15, -0.1) is 0 Å². The molecule has 0 fully saturated rings. The van der Waals surface area contributed by atoms with Crippen molar-refractivity contribution in [2.75, 3.05) is 36.6 Å². The molecule has 4 rings (SSSR count). The lowest BCUT2D eigenvalue weighted by atomic mass is 10.1. The number of benzene rings is 3. The van der Waals surface area contributed by atoms with Gasteiger partial charge in [-0.1, -0.05) is 72.8 Å². The zero-order valence-electron chi connectivity index (χ0n) is 19.1. The Labute approximate surface area is 199 Å². The molecule has 0 unspecified atom stereocenters. The normalized spacial score (nSPS) is 11.4. The molecule has 7 heteroatoms. The molecule has 3 N–H and O–H groups in total. The first kappa shape index (κ1) is 23.2. The summed E-state index contributed by atoms with van der Waals surface area (Å²) in [5, 5.41) is 23.1. The van der Waals surface area contributed by atoms with Crippen LogP contribution in [0.2, 0.25) is 0 Å². The van der Waals surface area contributed by atoms with Crippen molar-refractivity contribution in [3.05, 3.63) is 90.5 Å². The summed E-state index contributed by atoms with van der Waals surface area (Å²) in [6, 6.07) is 27.9. The second-order valence-electron chi connectivity index (χ2n) is 7.72. The number of hydrazone groups is 1. The van der Waals surface area contributed by atoms with Gasteiger partial charge in [0, 0.05) is 29.9 Å². The van der Waals surface area contributed by atoms with Crippen LogP contribution in [0.1, 0.15) is 12.5 Å². The molecule has 0 aliphatic heterocycles. The minimum Gasteiger partial charge on any atom is -0.422 e. The molecule has 0 atom stereocenters. The highest BCUT2D eigenvalue weighted by molar-refractivity contribution is 5.99. The second kappa shape index (κ2) is 11.3. The monoisotopic (exact) mass is 456 g/mol. The van der Waals surface area contributed by atoms with Crippen molar-refractivity contribution in [1.82, 2.24) is 4.98 Å². The highest BCUT2D eigenvalue weighted by Gasteiger charge is 2.16. The number of hydrogen-bond acceptors (Lipinski definition) is 7. The molecule has 0 radical (unpaired) electrons. The molecule has 4 aromatic rings. The number of nitrogens with zero attached hydrogens (tertiary/aromatic N) is 3. The Morgan fingerprint density at radius 3 is 2.18 bits per heavy atom. The maximum absolute atomic E-state index is 9.33. The third-order valence-electron chi connectivity index (χ3n) is 5.40. The summed E-state index contributed by atoms with van der Waals surface area (Å²) in [4.78, 5) is 6.60. The molecule has 0 aliphatic carbocycles. The molecule has 0 spiro atoms. The maximum Gasteiger partial charge on any atom is 0.316 e. The Morgan fingerprint density at radius 1 is 0.882 bits per heavy atom. The fourth-order valence-corrected chi connectivity index (χ4v) is 3.68. The van der Waals surface area contributed by atoms with Gasteiger partial charge in [-0.25, -0.2) is 5.43 Å². The van der Waals surface area contributed by atoms with Crippen LogP contribution in [-0.2, 0) is 0 Å². The first-order valence-corrected chi connectivity index (χ1v) is 11.2. The first-order valence-electron chi connectivity index (χ1n) is 11.2.